The molecule has 4 atom stereocenters. The van der Waals surface area contributed by atoms with Crippen LogP contribution in [0.1, 0.15) is 77.2 Å². The molecule has 2 bridgehead atoms. The number of phenols is 2. The molecule has 2 amide bonds. The zero-order valence-electron chi connectivity index (χ0n) is 27.5. The van der Waals surface area contributed by atoms with E-state index in [4.69, 9.17) is 9.47 Å². The number of fused-ring (bicyclic) bond motifs is 2. The Kier molecular flexibility index (Phi) is 12.6. The van der Waals surface area contributed by atoms with E-state index in [0.29, 0.717) is 49.7 Å². The Balaban J connectivity index is 1.55. The number of hydrogen-bond acceptors (Lipinski definition) is 8. The normalized spacial score (nSPS) is 28.6. The minimum atomic E-state index is -1.04. The van der Waals surface area contributed by atoms with Gasteiger partial charge in [0.25, 0.3) is 0 Å². The molecule has 0 spiro atoms. The molecule has 1 aliphatic heterocycles. The summed E-state index contributed by atoms with van der Waals surface area (Å²) in [7, 11) is 1.49. The fourth-order valence-electron chi connectivity index (χ4n) is 5.85. The second kappa shape index (κ2) is 16.6. The third-order valence-corrected chi connectivity index (χ3v) is 9.07. The summed E-state index contributed by atoms with van der Waals surface area (Å²) >= 11 is 0. The summed E-state index contributed by atoms with van der Waals surface area (Å²) < 4.78 is 11.5. The molecule has 1 heterocycles. The van der Waals surface area contributed by atoms with E-state index in [1.807, 2.05) is 31.2 Å². The molecule has 0 unspecified atom stereocenters. The lowest BCUT2D eigenvalue weighted by atomic mass is 9.90. The van der Waals surface area contributed by atoms with Gasteiger partial charge in [0.1, 0.15) is 23.1 Å². The number of allylic oxidation sites excluding steroid dienone is 6. The lowest BCUT2D eigenvalue weighted by Crippen LogP contribution is -2.47. The van der Waals surface area contributed by atoms with Gasteiger partial charge in [0, 0.05) is 31.1 Å². The average molecular weight is 649 g/mol. The number of carbonyl (C=O) groups excluding carboxylic acids is 3. The molecule has 1 fully saturated rings. The number of phenolic OH excluding ortho intramolecular Hbond substituents is 2. The Labute approximate surface area is 276 Å². The third-order valence-electron chi connectivity index (χ3n) is 9.07. The molecule has 1 aromatic rings. The number of benzene rings is 1. The molecule has 4 rings (SSSR count). The summed E-state index contributed by atoms with van der Waals surface area (Å²) in [4.78, 5) is 39.1. The van der Waals surface area contributed by atoms with Crippen LogP contribution in [-0.4, -0.2) is 64.1 Å². The maximum absolute atomic E-state index is 13.5. The van der Waals surface area contributed by atoms with E-state index in [1.54, 1.807) is 31.2 Å². The van der Waals surface area contributed by atoms with Gasteiger partial charge in [-0.1, -0.05) is 55.5 Å². The van der Waals surface area contributed by atoms with Crippen LogP contribution < -0.4 is 10.6 Å². The lowest BCUT2D eigenvalue weighted by Gasteiger charge is -2.30. The Morgan fingerprint density at radius 1 is 1.02 bits per heavy atom. The highest BCUT2D eigenvalue weighted by molar-refractivity contribution is 5.99. The number of amides is 2. The Morgan fingerprint density at radius 2 is 1.79 bits per heavy atom. The van der Waals surface area contributed by atoms with Crippen molar-refractivity contribution in [3.63, 3.8) is 0 Å². The Bertz CT molecular complexity index is 1450. The monoisotopic (exact) mass is 648 g/mol. The van der Waals surface area contributed by atoms with E-state index in [0.717, 1.165) is 24.8 Å². The Hall–Kier alpha value is -4.15. The number of aryl methyl sites for hydroxylation is 1. The van der Waals surface area contributed by atoms with Gasteiger partial charge in [0.15, 0.2) is 0 Å². The van der Waals surface area contributed by atoms with Crippen molar-refractivity contribution in [2.24, 2.45) is 5.92 Å². The summed E-state index contributed by atoms with van der Waals surface area (Å²) in [6.45, 7) is 3.62. The largest absolute Gasteiger partial charge is 0.508 e. The first-order valence-electron chi connectivity index (χ1n) is 16.5. The highest BCUT2D eigenvalue weighted by Gasteiger charge is 2.54. The highest BCUT2D eigenvalue weighted by Crippen LogP contribution is 2.39. The van der Waals surface area contributed by atoms with Crippen LogP contribution in [0, 0.1) is 5.92 Å². The predicted octanol–water partition coefficient (Wildman–Crippen LogP) is 5.45. The first-order valence-corrected chi connectivity index (χ1v) is 16.5. The number of esters is 1. The topological polar surface area (TPSA) is 154 Å². The number of hydrogen-bond donors (Lipinski definition) is 5. The van der Waals surface area contributed by atoms with Crippen molar-refractivity contribution in [1.29, 1.82) is 0 Å². The average Bonchev–Trinajstić information content (AvgIpc) is 3.84. The van der Waals surface area contributed by atoms with Crippen LogP contribution in [0.2, 0.25) is 0 Å². The van der Waals surface area contributed by atoms with Crippen molar-refractivity contribution in [3.8, 4) is 11.5 Å². The van der Waals surface area contributed by atoms with E-state index in [2.05, 4.69) is 10.6 Å². The molecule has 1 aromatic carbocycles. The van der Waals surface area contributed by atoms with Gasteiger partial charge in [-0.25, -0.2) is 4.79 Å². The summed E-state index contributed by atoms with van der Waals surface area (Å²) in [5.74, 6) is -1.83. The van der Waals surface area contributed by atoms with E-state index in [-0.39, 0.29) is 29.5 Å². The van der Waals surface area contributed by atoms with Gasteiger partial charge >= 0.3 is 5.97 Å². The van der Waals surface area contributed by atoms with Crippen LogP contribution in [0.25, 0.3) is 0 Å². The lowest BCUT2D eigenvalue weighted by molar-refractivity contribution is -0.158. The smallest absolute Gasteiger partial charge is 0.332 e. The number of nitrogens with one attached hydrogen (secondary N) is 2. The molecule has 5 N–H and O–H groups in total. The molecule has 1 saturated carbocycles. The molecule has 47 heavy (non-hydrogen) atoms. The number of anilines is 1. The second-order valence-electron chi connectivity index (χ2n) is 12.7. The second-order valence-corrected chi connectivity index (χ2v) is 12.7. The van der Waals surface area contributed by atoms with Crippen molar-refractivity contribution in [2.45, 2.75) is 102 Å². The van der Waals surface area contributed by atoms with Crippen LogP contribution in [-0.2, 0) is 30.3 Å². The van der Waals surface area contributed by atoms with Gasteiger partial charge in [-0.15, -0.1) is 0 Å². The van der Waals surface area contributed by atoms with Crippen molar-refractivity contribution in [3.05, 3.63) is 77.5 Å². The summed E-state index contributed by atoms with van der Waals surface area (Å²) in [5, 5.41) is 38.1. The van der Waals surface area contributed by atoms with Crippen LogP contribution >= 0.6 is 0 Å². The zero-order chi connectivity index (χ0) is 34.0. The fraction of sp³-hybridized carbons (Fsp3) is 0.486. The molecule has 10 heteroatoms. The van der Waals surface area contributed by atoms with Crippen molar-refractivity contribution < 1.29 is 39.2 Å². The molecular formula is C37H48N2O8. The molecule has 2 aliphatic carbocycles. The van der Waals surface area contributed by atoms with E-state index in [1.165, 1.54) is 19.2 Å². The van der Waals surface area contributed by atoms with Crippen molar-refractivity contribution in [1.82, 2.24) is 5.32 Å². The van der Waals surface area contributed by atoms with Gasteiger partial charge < -0.3 is 35.4 Å². The van der Waals surface area contributed by atoms with Crippen LogP contribution in [0.15, 0.2) is 71.9 Å². The number of methoxy groups -OCH3 is 1. The molecule has 0 aromatic heterocycles. The maximum Gasteiger partial charge on any atom is 0.332 e. The predicted molar refractivity (Wildman–Crippen MR) is 180 cm³/mol. The minimum Gasteiger partial charge on any atom is -0.508 e. The van der Waals surface area contributed by atoms with Gasteiger partial charge in [0.05, 0.1) is 24.3 Å². The molecule has 0 saturated heterocycles. The van der Waals surface area contributed by atoms with Gasteiger partial charge in [0.2, 0.25) is 11.8 Å². The molecular weight excluding hydrogens is 600 g/mol. The van der Waals surface area contributed by atoms with Crippen LogP contribution in [0.4, 0.5) is 5.69 Å². The van der Waals surface area contributed by atoms with Gasteiger partial charge in [-0.2, -0.15) is 0 Å². The summed E-state index contributed by atoms with van der Waals surface area (Å²) in [6.07, 6.45) is 18.0. The summed E-state index contributed by atoms with van der Waals surface area (Å²) in [6, 6.07) is 2.73. The number of ether oxygens (including phenoxy) is 2. The van der Waals surface area contributed by atoms with Crippen molar-refractivity contribution >= 4 is 23.5 Å². The first-order chi connectivity index (χ1) is 22.5. The Morgan fingerprint density at radius 3 is 2.49 bits per heavy atom. The zero-order valence-corrected chi connectivity index (χ0v) is 27.5. The molecule has 0 radical (unpaired) electrons. The van der Waals surface area contributed by atoms with Gasteiger partial charge in [-0.05, 0) is 75.5 Å². The quantitative estimate of drug-likeness (QED) is 0.122. The fourth-order valence-corrected chi connectivity index (χ4v) is 5.85. The number of aliphatic hydroxyl groups is 1. The van der Waals surface area contributed by atoms with Gasteiger partial charge in [-0.3, -0.25) is 9.59 Å². The summed E-state index contributed by atoms with van der Waals surface area (Å²) in [5.41, 5.74) is 0.868. The molecule has 254 valence electrons. The van der Waals surface area contributed by atoms with E-state index >= 15 is 0 Å². The standard InChI is InChI=1S/C37H48N2O8/c1-24-13-12-16-27-21-28(40)22-30(34(27)43)38-32(41)23-29(46-3)17-10-5-4-6-11-18-31(25(2)33(24)42)47-36(45)37(19-20-37)39-35(44)26-14-8-7-9-15-26/h4-6,10-11,13-14,17,21-22,25,29,31,33,40,42-43H,7-9,12,15-16,18-20,23H2,1-3H3,(H,38,41)(H,39,44)/b5-4+,11-6+,17-10+,24-13-/t25-,29-,31-,33-/m0/s1. The van der Waals surface area contributed by atoms with E-state index in [9.17, 15) is 29.7 Å². The number of rotatable bonds is 5. The SMILES string of the molecule is CO[C@H]1/C=C/C=C/C=C/C[C@H](OC(=O)C2(NC(=O)C3=CCCCC3)CC2)[C@H](C)[C@@H](O)/C(C)=C\CCc2cc(O)cc(c2O)NC(=O)C1. The number of carbonyl (C=O) groups is 3. The third kappa shape index (κ3) is 9.92. The molecule has 10 nitrogen and oxygen atoms in total. The van der Waals surface area contributed by atoms with Crippen LogP contribution in [0.5, 0.6) is 11.5 Å². The van der Waals surface area contributed by atoms with Crippen LogP contribution in [0.3, 0.4) is 0 Å². The minimum absolute atomic E-state index is 0.00852. The molecule has 3 aliphatic rings. The highest BCUT2D eigenvalue weighted by atomic mass is 16.5. The maximum atomic E-state index is 13.5. The van der Waals surface area contributed by atoms with E-state index < -0.39 is 41.6 Å². The van der Waals surface area contributed by atoms with Crippen molar-refractivity contribution in [2.75, 3.05) is 12.4 Å². The number of aromatic hydroxyl groups is 2. The number of aliphatic hydroxyl groups excluding tert-OH is 1. The first kappa shape index (κ1) is 35.7.